The van der Waals surface area contributed by atoms with Crippen molar-refractivity contribution in [1.82, 2.24) is 19.8 Å². The van der Waals surface area contributed by atoms with E-state index in [1.807, 2.05) is 43.0 Å². The van der Waals surface area contributed by atoms with E-state index in [9.17, 15) is 9.59 Å². The van der Waals surface area contributed by atoms with Gasteiger partial charge in [-0.05, 0) is 93.0 Å². The van der Waals surface area contributed by atoms with Crippen LogP contribution in [-0.4, -0.2) is 57.6 Å². The number of likely N-dealkylation sites (tertiary alicyclic amines) is 1. The third-order valence-corrected chi connectivity index (χ3v) is 7.49. The molecule has 0 unspecified atom stereocenters. The molecule has 0 bridgehead atoms. The molecular weight excluding hydrogens is 480 g/mol. The van der Waals surface area contributed by atoms with Gasteiger partial charge in [0.2, 0.25) is 5.91 Å². The van der Waals surface area contributed by atoms with Gasteiger partial charge in [0, 0.05) is 63.1 Å². The zero-order valence-corrected chi connectivity index (χ0v) is 23.1. The Kier molecular flexibility index (Phi) is 7.18. The Labute approximate surface area is 224 Å². The third kappa shape index (κ3) is 5.27. The molecule has 1 N–H and O–H groups in total. The van der Waals surface area contributed by atoms with E-state index in [-0.39, 0.29) is 18.0 Å². The van der Waals surface area contributed by atoms with Gasteiger partial charge in [-0.3, -0.25) is 4.79 Å². The van der Waals surface area contributed by atoms with Crippen molar-refractivity contribution in [2.24, 2.45) is 0 Å². The van der Waals surface area contributed by atoms with Crippen molar-refractivity contribution in [2.45, 2.75) is 78.1 Å². The lowest BCUT2D eigenvalue weighted by molar-refractivity contribution is -0.132. The molecule has 0 spiro atoms. The number of carbonyl (C=O) groups excluding carboxylic acids is 2. The minimum atomic E-state index is -0.561. The Morgan fingerprint density at radius 3 is 2.74 bits per heavy atom. The van der Waals surface area contributed by atoms with Crippen molar-refractivity contribution in [2.75, 3.05) is 20.3 Å². The number of benzene rings is 1. The SMILES string of the molecule is COCCCC(=O)N1Cc2cc(-c3cnc4[nH]cc(C)c4c3)cc([C@@H]3CCCN3C(=O)OC(C)(C)C)c2C1. The van der Waals surface area contributed by atoms with Crippen LogP contribution in [0.4, 0.5) is 4.79 Å². The number of amides is 2. The first-order valence-electron chi connectivity index (χ1n) is 13.5. The van der Waals surface area contributed by atoms with Gasteiger partial charge in [0.25, 0.3) is 0 Å². The van der Waals surface area contributed by atoms with Gasteiger partial charge in [-0.2, -0.15) is 0 Å². The van der Waals surface area contributed by atoms with Crippen molar-refractivity contribution in [3.63, 3.8) is 0 Å². The Bertz CT molecular complexity index is 1360. The fourth-order valence-corrected chi connectivity index (χ4v) is 5.63. The van der Waals surface area contributed by atoms with Crippen LogP contribution in [0.15, 0.2) is 30.6 Å². The quantitative estimate of drug-likeness (QED) is 0.412. The summed E-state index contributed by atoms with van der Waals surface area (Å²) in [7, 11) is 1.66. The second-order valence-electron chi connectivity index (χ2n) is 11.5. The molecule has 1 aromatic carbocycles. The van der Waals surface area contributed by atoms with E-state index >= 15 is 0 Å². The highest BCUT2D eigenvalue weighted by Gasteiger charge is 2.37. The summed E-state index contributed by atoms with van der Waals surface area (Å²) in [5, 5.41) is 1.09. The van der Waals surface area contributed by atoms with Gasteiger partial charge in [-0.25, -0.2) is 9.78 Å². The second kappa shape index (κ2) is 10.4. The number of ether oxygens (including phenoxy) is 2. The zero-order valence-electron chi connectivity index (χ0n) is 23.1. The molecule has 2 amide bonds. The Morgan fingerprint density at radius 2 is 1.97 bits per heavy atom. The van der Waals surface area contributed by atoms with Crippen LogP contribution in [0.5, 0.6) is 0 Å². The summed E-state index contributed by atoms with van der Waals surface area (Å²) >= 11 is 0. The number of aryl methyl sites for hydroxylation is 1. The number of aromatic amines is 1. The first kappa shape index (κ1) is 26.2. The number of hydrogen-bond acceptors (Lipinski definition) is 5. The number of methoxy groups -OCH3 is 1. The normalized spacial score (nSPS) is 17.3. The van der Waals surface area contributed by atoms with Crippen molar-refractivity contribution < 1.29 is 19.1 Å². The topological polar surface area (TPSA) is 87.8 Å². The molecule has 202 valence electrons. The summed E-state index contributed by atoms with van der Waals surface area (Å²) < 4.78 is 10.9. The number of H-pyrrole nitrogens is 1. The van der Waals surface area contributed by atoms with Crippen molar-refractivity contribution >= 4 is 23.0 Å². The molecule has 2 aliphatic rings. The highest BCUT2D eigenvalue weighted by Crippen LogP contribution is 2.41. The van der Waals surface area contributed by atoms with E-state index < -0.39 is 5.60 Å². The summed E-state index contributed by atoms with van der Waals surface area (Å²) in [6.45, 7) is 10.1. The van der Waals surface area contributed by atoms with Gasteiger partial charge in [-0.1, -0.05) is 0 Å². The largest absolute Gasteiger partial charge is 0.444 e. The molecule has 38 heavy (non-hydrogen) atoms. The fraction of sp³-hybridized carbons (Fsp3) is 0.500. The smallest absolute Gasteiger partial charge is 0.410 e. The number of nitrogens with zero attached hydrogens (tertiary/aromatic N) is 3. The van der Waals surface area contributed by atoms with Gasteiger partial charge < -0.3 is 24.3 Å². The molecule has 0 radical (unpaired) electrons. The van der Waals surface area contributed by atoms with E-state index in [1.54, 1.807) is 7.11 Å². The molecule has 2 aliphatic heterocycles. The summed E-state index contributed by atoms with van der Waals surface area (Å²) in [5.41, 5.74) is 6.94. The van der Waals surface area contributed by atoms with Gasteiger partial charge in [-0.15, -0.1) is 0 Å². The minimum Gasteiger partial charge on any atom is -0.444 e. The van der Waals surface area contributed by atoms with Crippen LogP contribution in [0, 0.1) is 6.92 Å². The van der Waals surface area contributed by atoms with Crippen LogP contribution in [0.3, 0.4) is 0 Å². The molecular formula is C30H38N4O4. The van der Waals surface area contributed by atoms with E-state index in [1.165, 1.54) is 0 Å². The molecule has 0 aliphatic carbocycles. The lowest BCUT2D eigenvalue weighted by Gasteiger charge is -2.30. The number of hydrogen-bond donors (Lipinski definition) is 1. The van der Waals surface area contributed by atoms with Gasteiger partial charge in [0.1, 0.15) is 11.2 Å². The van der Waals surface area contributed by atoms with Crippen LogP contribution >= 0.6 is 0 Å². The lowest BCUT2D eigenvalue weighted by Crippen LogP contribution is -2.36. The van der Waals surface area contributed by atoms with Crippen LogP contribution in [0.2, 0.25) is 0 Å². The predicted octanol–water partition coefficient (Wildman–Crippen LogP) is 5.88. The average molecular weight is 519 g/mol. The molecule has 1 fully saturated rings. The number of nitrogens with one attached hydrogen (secondary N) is 1. The summed E-state index contributed by atoms with van der Waals surface area (Å²) in [6, 6.07) is 6.48. The average Bonchev–Trinajstić information content (AvgIpc) is 3.61. The van der Waals surface area contributed by atoms with E-state index in [2.05, 4.69) is 35.1 Å². The van der Waals surface area contributed by atoms with Gasteiger partial charge >= 0.3 is 6.09 Å². The van der Waals surface area contributed by atoms with Gasteiger partial charge in [0.05, 0.1) is 6.04 Å². The van der Waals surface area contributed by atoms with Crippen molar-refractivity contribution in [1.29, 1.82) is 0 Å². The lowest BCUT2D eigenvalue weighted by atomic mass is 9.91. The maximum atomic E-state index is 13.2. The van der Waals surface area contributed by atoms with Crippen LogP contribution in [-0.2, 0) is 27.4 Å². The molecule has 1 atom stereocenters. The standard InChI is InChI=1S/C30H38N4O4/c1-19-15-31-28-23(19)14-21(16-32-28)20-12-22-17-33(27(35)9-7-11-37-5)18-25(22)24(13-20)26-8-6-10-34(26)29(36)38-30(2,3)4/h12-16,26H,6-11,17-18H2,1-5H3,(H,31,32)/t26-/m0/s1. The van der Waals surface area contributed by atoms with Crippen LogP contribution in [0.1, 0.15) is 74.8 Å². The third-order valence-electron chi connectivity index (χ3n) is 7.49. The molecule has 4 heterocycles. The number of aromatic nitrogens is 2. The molecule has 8 nitrogen and oxygen atoms in total. The molecule has 1 saturated heterocycles. The van der Waals surface area contributed by atoms with Crippen LogP contribution in [0.25, 0.3) is 22.2 Å². The molecule has 8 heteroatoms. The van der Waals surface area contributed by atoms with Crippen molar-refractivity contribution in [3.8, 4) is 11.1 Å². The van der Waals surface area contributed by atoms with E-state index in [0.29, 0.717) is 39.1 Å². The highest BCUT2D eigenvalue weighted by atomic mass is 16.6. The van der Waals surface area contributed by atoms with Gasteiger partial charge in [0.15, 0.2) is 0 Å². The summed E-state index contributed by atoms with van der Waals surface area (Å²) in [6.07, 6.45) is 6.54. The minimum absolute atomic E-state index is 0.0900. The molecule has 0 saturated carbocycles. The maximum absolute atomic E-state index is 13.2. The Morgan fingerprint density at radius 1 is 1.16 bits per heavy atom. The number of carbonyl (C=O) groups is 2. The maximum Gasteiger partial charge on any atom is 0.410 e. The molecule has 5 rings (SSSR count). The Hall–Kier alpha value is -3.39. The summed E-state index contributed by atoms with van der Waals surface area (Å²) in [4.78, 5) is 37.9. The monoisotopic (exact) mass is 518 g/mol. The molecule has 3 aromatic rings. The number of rotatable bonds is 6. The fourth-order valence-electron chi connectivity index (χ4n) is 5.63. The van der Waals surface area contributed by atoms with E-state index in [4.69, 9.17) is 9.47 Å². The predicted molar refractivity (Wildman–Crippen MR) is 147 cm³/mol. The molecule has 2 aromatic heterocycles. The zero-order chi connectivity index (χ0) is 27.0. The highest BCUT2D eigenvalue weighted by molar-refractivity contribution is 5.85. The number of fused-ring (bicyclic) bond motifs is 2. The van der Waals surface area contributed by atoms with Crippen molar-refractivity contribution in [3.05, 3.63) is 52.8 Å². The first-order chi connectivity index (χ1) is 18.1. The van der Waals surface area contributed by atoms with Crippen LogP contribution < -0.4 is 0 Å². The second-order valence-corrected chi connectivity index (χ2v) is 11.5. The van der Waals surface area contributed by atoms with E-state index in [0.717, 1.165) is 57.3 Å². The Balaban J connectivity index is 1.53. The first-order valence-corrected chi connectivity index (χ1v) is 13.5. The summed E-state index contributed by atoms with van der Waals surface area (Å²) in [5.74, 6) is 0.132. The number of pyridine rings is 1.